The van der Waals surface area contributed by atoms with Crippen molar-refractivity contribution in [2.75, 3.05) is 19.6 Å². The number of furan rings is 2. The summed E-state index contributed by atoms with van der Waals surface area (Å²) in [7, 11) is 0. The van der Waals surface area contributed by atoms with Crippen LogP contribution in [0.25, 0.3) is 116 Å². The molecule has 16 aromatic carbocycles. The zero-order valence-electron chi connectivity index (χ0n) is 57.2. The van der Waals surface area contributed by atoms with Crippen LogP contribution in [0.1, 0.15) is 11.1 Å². The van der Waals surface area contributed by atoms with Gasteiger partial charge in [-0.3, -0.25) is 0 Å². The highest BCUT2D eigenvalue weighted by atomic mass is 32.1. The number of benzene rings is 16. The van der Waals surface area contributed by atoms with Gasteiger partial charge in [0, 0.05) is 150 Å². The van der Waals surface area contributed by atoms with E-state index in [4.69, 9.17) is 8.83 Å². The second kappa shape index (κ2) is 25.4. The molecule has 0 amide bonds. The molecule has 0 bridgehead atoms. The van der Waals surface area contributed by atoms with E-state index in [2.05, 4.69) is 359 Å². The molecular formula is C97H62N4O2S3. The second-order valence-corrected chi connectivity index (χ2v) is 30.4. The number of nitrogens with zero attached hydrogens (tertiary/aromatic N) is 4. The molecule has 0 aliphatic heterocycles. The summed E-state index contributed by atoms with van der Waals surface area (Å²) in [6, 6.07) is 131. The minimum absolute atomic E-state index is 0.889. The van der Waals surface area contributed by atoms with Gasteiger partial charge in [0.25, 0.3) is 0 Å². The summed E-state index contributed by atoms with van der Waals surface area (Å²) in [5, 5.41) is 12.1. The van der Waals surface area contributed by atoms with Crippen LogP contribution in [0, 0.1) is 0 Å². The first-order valence-corrected chi connectivity index (χ1v) is 38.2. The fourth-order valence-electron chi connectivity index (χ4n) is 16.0. The van der Waals surface area contributed by atoms with Gasteiger partial charge in [-0.1, -0.05) is 176 Å². The van der Waals surface area contributed by atoms with Gasteiger partial charge in [-0.25, -0.2) is 0 Å². The highest BCUT2D eigenvalue weighted by Gasteiger charge is 2.25. The summed E-state index contributed by atoms with van der Waals surface area (Å²) in [5.74, 6) is 0. The number of thiophene rings is 3. The fraction of sp³-hybridized carbons (Fsp3) is 0.0103. The molecule has 500 valence electrons. The summed E-state index contributed by atoms with van der Waals surface area (Å²) < 4.78 is 20.0. The first-order chi connectivity index (χ1) is 52.5. The number of rotatable bonds is 12. The summed E-state index contributed by atoms with van der Waals surface area (Å²) in [4.78, 5) is 9.47. The molecule has 1 aliphatic carbocycles. The van der Waals surface area contributed by atoms with Crippen molar-refractivity contribution in [3.8, 4) is 11.1 Å². The number of hydrogen-bond donors (Lipinski definition) is 0. The summed E-state index contributed by atoms with van der Waals surface area (Å²) in [6.45, 7) is 0. The summed E-state index contributed by atoms with van der Waals surface area (Å²) >= 11 is 5.56. The van der Waals surface area contributed by atoms with E-state index >= 15 is 0 Å². The van der Waals surface area contributed by atoms with Crippen LogP contribution in [0.5, 0.6) is 0 Å². The van der Waals surface area contributed by atoms with Gasteiger partial charge >= 0.3 is 0 Å². The Hall–Kier alpha value is -13.0. The van der Waals surface area contributed by atoms with Gasteiger partial charge < -0.3 is 28.4 Å². The molecule has 9 heteroatoms. The Morgan fingerprint density at radius 3 is 0.943 bits per heavy atom. The van der Waals surface area contributed by atoms with Crippen molar-refractivity contribution in [3.63, 3.8) is 0 Å². The van der Waals surface area contributed by atoms with Crippen LogP contribution < -0.4 is 19.6 Å². The monoisotopic (exact) mass is 1410 g/mol. The quantitative estimate of drug-likeness (QED) is 0.121. The Balaban J connectivity index is 0.000000136. The largest absolute Gasteiger partial charge is 0.456 e. The molecule has 0 unspecified atom stereocenters. The molecule has 0 fully saturated rings. The summed E-state index contributed by atoms with van der Waals surface area (Å²) in [6.07, 6.45) is 0.993. The van der Waals surface area contributed by atoms with Crippen LogP contribution in [0.4, 0.5) is 68.2 Å². The normalized spacial score (nSPS) is 11.9. The van der Waals surface area contributed by atoms with Crippen LogP contribution in [0.2, 0.25) is 0 Å². The lowest BCUT2D eigenvalue weighted by Gasteiger charge is -2.26. The SMILES string of the molecule is c1ccc(N(c2ccc3c(c2)sc2ccc(N(c4ccccc4)c4ccc5oc6ccccc6c5c4)cc23)c2ccc3oc4ccccc4c3c2)cc1.c1ccc(N(c2ccc3c(c2)sc2ccccc23)c2ccc3c(c2)sc2ccc(N(c4ccccc4)c4ccc5c(c4)-c4ccccc4C5)cc23)cc1. The maximum absolute atomic E-state index is 6.18. The average Bonchev–Trinajstić information content (AvgIpc) is 1.60. The molecule has 21 aromatic rings. The zero-order valence-corrected chi connectivity index (χ0v) is 59.6. The third-order valence-electron chi connectivity index (χ3n) is 20.9. The van der Waals surface area contributed by atoms with E-state index in [1.54, 1.807) is 0 Å². The van der Waals surface area contributed by atoms with Gasteiger partial charge in [0.2, 0.25) is 0 Å². The number of para-hydroxylation sites is 6. The molecule has 1 aliphatic rings. The van der Waals surface area contributed by atoms with Gasteiger partial charge in [-0.05, 0) is 217 Å². The van der Waals surface area contributed by atoms with Crippen LogP contribution in [0.15, 0.2) is 373 Å². The van der Waals surface area contributed by atoms with E-state index in [9.17, 15) is 0 Å². The van der Waals surface area contributed by atoms with Gasteiger partial charge in [0.05, 0.1) is 0 Å². The van der Waals surface area contributed by atoms with Crippen molar-refractivity contribution >= 4 is 207 Å². The van der Waals surface area contributed by atoms with E-state index in [1.165, 1.54) is 88.5 Å². The van der Waals surface area contributed by atoms with Crippen molar-refractivity contribution in [3.05, 3.63) is 375 Å². The zero-order chi connectivity index (χ0) is 69.8. The first kappa shape index (κ1) is 61.6. The maximum Gasteiger partial charge on any atom is 0.135 e. The van der Waals surface area contributed by atoms with Crippen LogP contribution in [0.3, 0.4) is 0 Å². The fourth-order valence-corrected chi connectivity index (χ4v) is 19.4. The second-order valence-electron chi connectivity index (χ2n) is 27.1. The molecule has 0 spiro atoms. The van der Waals surface area contributed by atoms with Crippen LogP contribution in [-0.4, -0.2) is 0 Å². The third kappa shape index (κ3) is 10.7. The lowest BCUT2D eigenvalue weighted by molar-refractivity contribution is 0.668. The third-order valence-corrected chi connectivity index (χ3v) is 24.3. The van der Waals surface area contributed by atoms with Crippen molar-refractivity contribution < 1.29 is 8.83 Å². The highest BCUT2D eigenvalue weighted by Crippen LogP contribution is 2.50. The average molecular weight is 1410 g/mol. The molecule has 6 nitrogen and oxygen atoms in total. The van der Waals surface area contributed by atoms with Gasteiger partial charge in [-0.2, -0.15) is 0 Å². The Kier molecular flexibility index (Phi) is 14.8. The number of anilines is 12. The van der Waals surface area contributed by atoms with Crippen molar-refractivity contribution in [2.24, 2.45) is 0 Å². The van der Waals surface area contributed by atoms with E-state index < -0.39 is 0 Å². The van der Waals surface area contributed by atoms with Crippen molar-refractivity contribution in [1.82, 2.24) is 0 Å². The smallest absolute Gasteiger partial charge is 0.135 e. The molecule has 22 rings (SSSR count). The lowest BCUT2D eigenvalue weighted by Crippen LogP contribution is -2.10. The Morgan fingerprint density at radius 1 is 0.179 bits per heavy atom. The Bertz CT molecular complexity index is 6980. The molecule has 5 heterocycles. The van der Waals surface area contributed by atoms with Crippen molar-refractivity contribution in [2.45, 2.75) is 6.42 Å². The molecule has 0 N–H and O–H groups in total. The lowest BCUT2D eigenvalue weighted by atomic mass is 10.0. The maximum atomic E-state index is 6.18. The van der Waals surface area contributed by atoms with E-state index in [0.29, 0.717) is 0 Å². The molecule has 106 heavy (non-hydrogen) atoms. The topological polar surface area (TPSA) is 39.2 Å². The van der Waals surface area contributed by atoms with Crippen molar-refractivity contribution in [1.29, 1.82) is 0 Å². The minimum Gasteiger partial charge on any atom is -0.456 e. The van der Waals surface area contributed by atoms with E-state index in [-0.39, 0.29) is 0 Å². The van der Waals surface area contributed by atoms with Gasteiger partial charge in [0.1, 0.15) is 22.3 Å². The standard InChI is InChI=1S/C49H32N2S2.C48H30N2O2S/c1-3-12-34(13-4-1)50(36-20-19-33-27-32-11-7-8-16-40(32)44(33)28-36)37-23-26-47-45(29-37)43-25-22-39(31-49(43)53-47)51(35-14-5-2-6-15-35)38-21-24-42-41-17-9-10-18-46(41)52-48(42)30-38;1-3-11-31(12-4-1)49(33-20-24-45-40(27-33)37-15-7-9-17-43(37)51-45)35-22-26-47-42(29-35)39-23-19-36(30-48(39)53-47)50(32-13-5-2-6-14-32)34-21-25-46-41(28-34)38-16-8-10-18-44(38)52-46/h1-26,28-31H,27H2;1-30H. The predicted octanol–water partition coefficient (Wildman–Crippen LogP) is 29.7. The number of hydrogen-bond acceptors (Lipinski definition) is 9. The Labute approximate surface area is 623 Å². The molecule has 5 aromatic heterocycles. The molecule has 0 atom stereocenters. The molecule has 0 radical (unpaired) electrons. The first-order valence-electron chi connectivity index (χ1n) is 35.8. The number of fused-ring (bicyclic) bond motifs is 18. The van der Waals surface area contributed by atoms with Crippen LogP contribution in [-0.2, 0) is 6.42 Å². The minimum atomic E-state index is 0.889. The van der Waals surface area contributed by atoms with E-state index in [0.717, 1.165) is 113 Å². The Morgan fingerprint density at radius 2 is 0.481 bits per heavy atom. The molecular weight excluding hydrogens is 1350 g/mol. The van der Waals surface area contributed by atoms with Gasteiger partial charge in [0.15, 0.2) is 0 Å². The van der Waals surface area contributed by atoms with Gasteiger partial charge in [-0.15, -0.1) is 34.0 Å². The molecule has 0 saturated heterocycles. The highest BCUT2D eigenvalue weighted by molar-refractivity contribution is 7.26. The predicted molar refractivity (Wildman–Crippen MR) is 453 cm³/mol. The van der Waals surface area contributed by atoms with E-state index in [1.807, 2.05) is 58.3 Å². The molecule has 0 saturated carbocycles. The summed E-state index contributed by atoms with van der Waals surface area (Å²) in [5.41, 5.74) is 22.6. The van der Waals surface area contributed by atoms with Crippen LogP contribution >= 0.6 is 34.0 Å².